The van der Waals surface area contributed by atoms with Crippen molar-refractivity contribution in [1.82, 2.24) is 0 Å². The lowest BCUT2D eigenvalue weighted by Gasteiger charge is -2.12. The number of carbonyl (C=O) groups is 1. The predicted molar refractivity (Wildman–Crippen MR) is 58.6 cm³/mol. The standard InChI is InChI=1S/C13H15FO2/c14-12-4-2-1-3-10(12)8-11(13(15)16)7-9-5-6-9/h1-4,9,11H,5-8H2,(H,15,16). The molecule has 16 heavy (non-hydrogen) atoms. The summed E-state index contributed by atoms with van der Waals surface area (Å²) >= 11 is 0. The third kappa shape index (κ3) is 2.81. The third-order valence-corrected chi connectivity index (χ3v) is 3.09. The first-order valence-electron chi connectivity index (χ1n) is 5.63. The molecule has 1 aromatic carbocycles. The van der Waals surface area contributed by atoms with Gasteiger partial charge < -0.3 is 5.11 Å². The number of hydrogen-bond acceptors (Lipinski definition) is 1. The fourth-order valence-electron chi connectivity index (χ4n) is 1.96. The molecule has 0 aromatic heterocycles. The minimum absolute atomic E-state index is 0.301. The summed E-state index contributed by atoms with van der Waals surface area (Å²) in [5.41, 5.74) is 0.510. The number of carboxylic acids is 1. The van der Waals surface area contributed by atoms with Crippen molar-refractivity contribution in [2.75, 3.05) is 0 Å². The van der Waals surface area contributed by atoms with Crippen molar-refractivity contribution < 1.29 is 14.3 Å². The van der Waals surface area contributed by atoms with Gasteiger partial charge in [0.25, 0.3) is 0 Å². The first-order valence-corrected chi connectivity index (χ1v) is 5.63. The van der Waals surface area contributed by atoms with Crippen molar-refractivity contribution in [2.45, 2.75) is 25.7 Å². The molecule has 1 aliphatic rings. The Balaban J connectivity index is 2.04. The van der Waals surface area contributed by atoms with Crippen molar-refractivity contribution in [3.05, 3.63) is 35.6 Å². The molecule has 0 radical (unpaired) electrons. The molecule has 0 amide bonds. The highest BCUT2D eigenvalue weighted by Crippen LogP contribution is 2.36. The molecule has 1 aliphatic carbocycles. The van der Waals surface area contributed by atoms with Crippen molar-refractivity contribution in [3.63, 3.8) is 0 Å². The quantitative estimate of drug-likeness (QED) is 0.831. The van der Waals surface area contributed by atoms with E-state index in [0.717, 1.165) is 12.8 Å². The zero-order valence-electron chi connectivity index (χ0n) is 9.03. The summed E-state index contributed by atoms with van der Waals surface area (Å²) in [4.78, 5) is 11.1. The van der Waals surface area contributed by atoms with Crippen molar-refractivity contribution in [1.29, 1.82) is 0 Å². The molecule has 1 aromatic rings. The fraction of sp³-hybridized carbons (Fsp3) is 0.462. The maximum atomic E-state index is 13.4. The number of benzene rings is 1. The summed E-state index contributed by atoms with van der Waals surface area (Å²) in [7, 11) is 0. The Morgan fingerprint density at radius 2 is 2.12 bits per heavy atom. The molecule has 3 heteroatoms. The molecular formula is C13H15FO2. The lowest BCUT2D eigenvalue weighted by molar-refractivity contribution is -0.142. The highest BCUT2D eigenvalue weighted by Gasteiger charge is 2.29. The van der Waals surface area contributed by atoms with Gasteiger partial charge in [-0.1, -0.05) is 31.0 Å². The van der Waals surface area contributed by atoms with Gasteiger partial charge in [-0.15, -0.1) is 0 Å². The summed E-state index contributed by atoms with van der Waals surface area (Å²) in [6.45, 7) is 0. The third-order valence-electron chi connectivity index (χ3n) is 3.09. The van der Waals surface area contributed by atoms with Crippen LogP contribution in [0.5, 0.6) is 0 Å². The summed E-state index contributed by atoms with van der Waals surface area (Å²) in [5.74, 6) is -1.00. The van der Waals surface area contributed by atoms with E-state index < -0.39 is 11.9 Å². The van der Waals surface area contributed by atoms with Gasteiger partial charge in [-0.05, 0) is 30.4 Å². The van der Waals surface area contributed by atoms with E-state index in [1.165, 1.54) is 6.07 Å². The second-order valence-corrected chi connectivity index (χ2v) is 4.51. The van der Waals surface area contributed by atoms with E-state index in [0.29, 0.717) is 24.3 Å². The Bertz CT molecular complexity index is 385. The maximum Gasteiger partial charge on any atom is 0.306 e. The van der Waals surface area contributed by atoms with Crippen LogP contribution in [0.4, 0.5) is 4.39 Å². The maximum absolute atomic E-state index is 13.4. The zero-order chi connectivity index (χ0) is 11.5. The fourth-order valence-corrected chi connectivity index (χ4v) is 1.96. The van der Waals surface area contributed by atoms with Crippen LogP contribution in [0.2, 0.25) is 0 Å². The largest absolute Gasteiger partial charge is 0.481 e. The summed E-state index contributed by atoms with van der Waals surface area (Å²) in [6, 6.07) is 6.41. The molecule has 0 saturated heterocycles. The lowest BCUT2D eigenvalue weighted by Crippen LogP contribution is -2.17. The second kappa shape index (κ2) is 4.64. The molecule has 1 unspecified atom stereocenters. The molecule has 1 fully saturated rings. The van der Waals surface area contributed by atoms with Crippen LogP contribution < -0.4 is 0 Å². The van der Waals surface area contributed by atoms with Gasteiger partial charge in [-0.3, -0.25) is 4.79 Å². The average Bonchev–Trinajstić information content (AvgIpc) is 3.04. The molecule has 0 spiro atoms. The number of halogens is 1. The van der Waals surface area contributed by atoms with Gasteiger partial charge in [0.1, 0.15) is 5.82 Å². The monoisotopic (exact) mass is 222 g/mol. The van der Waals surface area contributed by atoms with Gasteiger partial charge in [0, 0.05) is 0 Å². The summed E-state index contributed by atoms with van der Waals surface area (Å²) in [6.07, 6.45) is 3.24. The van der Waals surface area contributed by atoms with E-state index in [1.54, 1.807) is 18.2 Å². The number of carboxylic acid groups (broad SMARTS) is 1. The van der Waals surface area contributed by atoms with E-state index >= 15 is 0 Å². The van der Waals surface area contributed by atoms with Crippen LogP contribution in [0.25, 0.3) is 0 Å². The number of aliphatic carboxylic acids is 1. The molecule has 0 heterocycles. The van der Waals surface area contributed by atoms with E-state index in [-0.39, 0.29) is 5.82 Å². The van der Waals surface area contributed by atoms with Crippen LogP contribution in [0.3, 0.4) is 0 Å². The Kier molecular flexibility index (Phi) is 3.22. The van der Waals surface area contributed by atoms with E-state index in [2.05, 4.69) is 0 Å². The van der Waals surface area contributed by atoms with E-state index in [9.17, 15) is 9.18 Å². The van der Waals surface area contributed by atoms with Crippen LogP contribution in [0.1, 0.15) is 24.8 Å². The van der Waals surface area contributed by atoms with Crippen LogP contribution in [0, 0.1) is 17.7 Å². The van der Waals surface area contributed by atoms with Gasteiger partial charge in [0.15, 0.2) is 0 Å². The normalized spacial score (nSPS) is 17.1. The zero-order valence-corrected chi connectivity index (χ0v) is 9.03. The van der Waals surface area contributed by atoms with Gasteiger partial charge >= 0.3 is 5.97 Å². The van der Waals surface area contributed by atoms with Crippen molar-refractivity contribution >= 4 is 5.97 Å². The number of hydrogen-bond donors (Lipinski definition) is 1. The minimum Gasteiger partial charge on any atom is -0.481 e. The molecule has 0 bridgehead atoms. The van der Waals surface area contributed by atoms with Gasteiger partial charge in [0.2, 0.25) is 0 Å². The van der Waals surface area contributed by atoms with E-state index in [4.69, 9.17) is 5.11 Å². The summed E-state index contributed by atoms with van der Waals surface area (Å²) < 4.78 is 13.4. The Morgan fingerprint density at radius 1 is 1.44 bits per heavy atom. The van der Waals surface area contributed by atoms with E-state index in [1.807, 2.05) is 0 Å². The highest BCUT2D eigenvalue weighted by molar-refractivity contribution is 5.70. The smallest absolute Gasteiger partial charge is 0.306 e. The number of rotatable bonds is 5. The SMILES string of the molecule is O=C(O)C(Cc1ccccc1F)CC1CC1. The van der Waals surface area contributed by atoms with Gasteiger partial charge in [-0.25, -0.2) is 4.39 Å². The Labute approximate surface area is 94.1 Å². The average molecular weight is 222 g/mol. The van der Waals surface area contributed by atoms with Crippen LogP contribution >= 0.6 is 0 Å². The molecule has 1 N–H and O–H groups in total. The molecule has 1 saturated carbocycles. The summed E-state index contributed by atoms with van der Waals surface area (Å²) in [5, 5.41) is 9.08. The van der Waals surface area contributed by atoms with Crippen LogP contribution in [-0.2, 0) is 11.2 Å². The van der Waals surface area contributed by atoms with Crippen molar-refractivity contribution in [2.24, 2.45) is 11.8 Å². The molecule has 2 rings (SSSR count). The van der Waals surface area contributed by atoms with Crippen molar-refractivity contribution in [3.8, 4) is 0 Å². The Morgan fingerprint density at radius 3 is 2.69 bits per heavy atom. The molecule has 1 atom stereocenters. The lowest BCUT2D eigenvalue weighted by atomic mass is 9.94. The molecular weight excluding hydrogens is 207 g/mol. The first kappa shape index (κ1) is 11.1. The van der Waals surface area contributed by atoms with Gasteiger partial charge in [0.05, 0.1) is 5.92 Å². The molecule has 2 nitrogen and oxygen atoms in total. The van der Waals surface area contributed by atoms with Gasteiger partial charge in [-0.2, -0.15) is 0 Å². The first-order chi connectivity index (χ1) is 7.66. The predicted octanol–water partition coefficient (Wildman–Crippen LogP) is 2.87. The second-order valence-electron chi connectivity index (χ2n) is 4.51. The molecule has 86 valence electrons. The topological polar surface area (TPSA) is 37.3 Å². The minimum atomic E-state index is -0.810. The van der Waals surface area contributed by atoms with Crippen LogP contribution in [-0.4, -0.2) is 11.1 Å². The highest BCUT2D eigenvalue weighted by atomic mass is 19.1. The Hall–Kier alpha value is -1.38. The molecule has 0 aliphatic heterocycles. The van der Waals surface area contributed by atoms with Crippen LogP contribution in [0.15, 0.2) is 24.3 Å².